The molecule has 0 spiro atoms. The van der Waals surface area contributed by atoms with Crippen molar-refractivity contribution in [1.29, 1.82) is 0 Å². The van der Waals surface area contributed by atoms with Crippen LogP contribution in [0.2, 0.25) is 0 Å². The summed E-state index contributed by atoms with van der Waals surface area (Å²) < 4.78 is 5.44. The highest BCUT2D eigenvalue weighted by Gasteiger charge is 2.20. The molecule has 1 aliphatic carbocycles. The number of ketones is 1. The van der Waals surface area contributed by atoms with Crippen molar-refractivity contribution in [3.63, 3.8) is 0 Å². The largest absolute Gasteiger partial charge is 0.496 e. The van der Waals surface area contributed by atoms with E-state index < -0.39 is 0 Å². The Morgan fingerprint density at radius 2 is 2.00 bits per heavy atom. The summed E-state index contributed by atoms with van der Waals surface area (Å²) in [7, 11) is 1.73. The zero-order valence-corrected chi connectivity index (χ0v) is 11.4. The fourth-order valence-corrected chi connectivity index (χ4v) is 2.73. The number of hydrogen-bond donors (Lipinski definition) is 0. The van der Waals surface area contributed by atoms with Crippen molar-refractivity contribution in [3.8, 4) is 5.75 Å². The maximum atomic E-state index is 11.3. The van der Waals surface area contributed by atoms with E-state index in [1.54, 1.807) is 7.11 Å². The van der Waals surface area contributed by atoms with Crippen molar-refractivity contribution in [3.05, 3.63) is 29.3 Å². The van der Waals surface area contributed by atoms with E-state index in [2.05, 4.69) is 25.1 Å². The van der Waals surface area contributed by atoms with Crippen LogP contribution >= 0.6 is 0 Å². The fourth-order valence-electron chi connectivity index (χ4n) is 2.73. The van der Waals surface area contributed by atoms with E-state index in [1.165, 1.54) is 11.1 Å². The molecule has 1 fully saturated rings. The third-order valence-electron chi connectivity index (χ3n) is 3.92. The number of rotatable bonds is 4. The average molecular weight is 246 g/mol. The summed E-state index contributed by atoms with van der Waals surface area (Å²) in [6.07, 6.45) is 5.71. The summed E-state index contributed by atoms with van der Waals surface area (Å²) in [6.45, 7) is 2.17. The molecule has 0 aliphatic heterocycles. The van der Waals surface area contributed by atoms with Gasteiger partial charge in [0.1, 0.15) is 11.5 Å². The van der Waals surface area contributed by atoms with E-state index in [-0.39, 0.29) is 0 Å². The molecule has 0 bridgehead atoms. The summed E-state index contributed by atoms with van der Waals surface area (Å²) in [5.74, 6) is 2.06. The standard InChI is InChI=1S/C16H22O2/c1-3-12-6-9-16(18-2)14(10-12)11-13-4-7-15(17)8-5-13/h6,9-10,13H,3-5,7-8,11H2,1-2H3. The summed E-state index contributed by atoms with van der Waals surface area (Å²) in [6, 6.07) is 6.46. The number of carbonyl (C=O) groups excluding carboxylic acids is 1. The van der Waals surface area contributed by atoms with Crippen LogP contribution in [0.1, 0.15) is 43.7 Å². The Hall–Kier alpha value is -1.31. The Morgan fingerprint density at radius 3 is 2.61 bits per heavy atom. The Kier molecular flexibility index (Phi) is 4.40. The van der Waals surface area contributed by atoms with Crippen LogP contribution in [-0.2, 0) is 17.6 Å². The van der Waals surface area contributed by atoms with E-state index in [4.69, 9.17) is 4.74 Å². The molecule has 0 atom stereocenters. The molecule has 2 heteroatoms. The lowest BCUT2D eigenvalue weighted by atomic mass is 9.84. The van der Waals surface area contributed by atoms with Gasteiger partial charge < -0.3 is 4.74 Å². The van der Waals surface area contributed by atoms with Gasteiger partial charge in [0, 0.05) is 12.8 Å². The molecule has 0 saturated heterocycles. The van der Waals surface area contributed by atoms with Crippen LogP contribution < -0.4 is 4.74 Å². The third kappa shape index (κ3) is 3.12. The van der Waals surface area contributed by atoms with Crippen molar-refractivity contribution in [2.45, 2.75) is 45.4 Å². The van der Waals surface area contributed by atoms with Gasteiger partial charge in [-0.3, -0.25) is 4.79 Å². The molecule has 0 unspecified atom stereocenters. The van der Waals surface area contributed by atoms with Crippen LogP contribution in [0, 0.1) is 5.92 Å². The van der Waals surface area contributed by atoms with Gasteiger partial charge in [-0.15, -0.1) is 0 Å². The van der Waals surface area contributed by atoms with E-state index in [9.17, 15) is 4.79 Å². The molecule has 1 aliphatic rings. The molecule has 1 aromatic carbocycles. The predicted octanol–water partition coefficient (Wildman–Crippen LogP) is 3.56. The number of Topliss-reactive ketones (excluding diaryl/α,β-unsaturated/α-hetero) is 1. The second kappa shape index (κ2) is 6.03. The number of benzene rings is 1. The molecule has 0 N–H and O–H groups in total. The zero-order valence-electron chi connectivity index (χ0n) is 11.4. The normalized spacial score (nSPS) is 16.9. The Balaban J connectivity index is 2.09. The topological polar surface area (TPSA) is 26.3 Å². The van der Waals surface area contributed by atoms with Gasteiger partial charge in [-0.25, -0.2) is 0 Å². The lowest BCUT2D eigenvalue weighted by Crippen LogP contribution is -2.16. The first-order chi connectivity index (χ1) is 8.72. The SMILES string of the molecule is CCc1ccc(OC)c(CC2CCC(=O)CC2)c1. The van der Waals surface area contributed by atoms with E-state index in [0.29, 0.717) is 11.7 Å². The highest BCUT2D eigenvalue weighted by molar-refractivity contribution is 5.79. The van der Waals surface area contributed by atoms with Gasteiger partial charge in [0.2, 0.25) is 0 Å². The highest BCUT2D eigenvalue weighted by atomic mass is 16.5. The van der Waals surface area contributed by atoms with Gasteiger partial charge in [0.05, 0.1) is 7.11 Å². The molecular weight excluding hydrogens is 224 g/mol. The predicted molar refractivity (Wildman–Crippen MR) is 73.0 cm³/mol. The number of methoxy groups -OCH3 is 1. The molecule has 1 saturated carbocycles. The number of aryl methyl sites for hydroxylation is 1. The van der Waals surface area contributed by atoms with Crippen LogP contribution in [0.5, 0.6) is 5.75 Å². The van der Waals surface area contributed by atoms with Crippen molar-refractivity contribution >= 4 is 5.78 Å². The Morgan fingerprint density at radius 1 is 1.28 bits per heavy atom. The van der Waals surface area contributed by atoms with Crippen molar-refractivity contribution in [1.82, 2.24) is 0 Å². The van der Waals surface area contributed by atoms with Gasteiger partial charge in [-0.1, -0.05) is 19.1 Å². The first kappa shape index (κ1) is 13.1. The quantitative estimate of drug-likeness (QED) is 0.812. The molecule has 0 radical (unpaired) electrons. The zero-order chi connectivity index (χ0) is 13.0. The van der Waals surface area contributed by atoms with Gasteiger partial charge in [-0.05, 0) is 48.8 Å². The average Bonchev–Trinajstić information content (AvgIpc) is 2.41. The van der Waals surface area contributed by atoms with Crippen molar-refractivity contribution < 1.29 is 9.53 Å². The number of hydrogen-bond acceptors (Lipinski definition) is 2. The highest BCUT2D eigenvalue weighted by Crippen LogP contribution is 2.29. The first-order valence-electron chi connectivity index (χ1n) is 6.90. The molecule has 18 heavy (non-hydrogen) atoms. The fraction of sp³-hybridized carbons (Fsp3) is 0.562. The molecule has 2 nitrogen and oxygen atoms in total. The summed E-state index contributed by atoms with van der Waals surface area (Å²) in [4.78, 5) is 11.3. The van der Waals surface area contributed by atoms with Crippen LogP contribution in [0.25, 0.3) is 0 Å². The van der Waals surface area contributed by atoms with E-state index in [0.717, 1.165) is 44.3 Å². The lowest BCUT2D eigenvalue weighted by Gasteiger charge is -2.22. The second-order valence-electron chi connectivity index (χ2n) is 5.19. The minimum Gasteiger partial charge on any atom is -0.496 e. The first-order valence-corrected chi connectivity index (χ1v) is 6.90. The lowest BCUT2D eigenvalue weighted by molar-refractivity contribution is -0.121. The molecule has 0 aromatic heterocycles. The Bertz CT molecular complexity index is 413. The van der Waals surface area contributed by atoms with Gasteiger partial charge in [0.25, 0.3) is 0 Å². The molecule has 2 rings (SSSR count). The van der Waals surface area contributed by atoms with Crippen LogP contribution in [0.15, 0.2) is 18.2 Å². The monoisotopic (exact) mass is 246 g/mol. The minimum absolute atomic E-state index is 0.431. The van der Waals surface area contributed by atoms with E-state index in [1.807, 2.05) is 0 Å². The summed E-state index contributed by atoms with van der Waals surface area (Å²) in [5, 5.41) is 0. The van der Waals surface area contributed by atoms with Crippen molar-refractivity contribution in [2.24, 2.45) is 5.92 Å². The van der Waals surface area contributed by atoms with Crippen LogP contribution in [0.3, 0.4) is 0 Å². The smallest absolute Gasteiger partial charge is 0.132 e. The summed E-state index contributed by atoms with van der Waals surface area (Å²) in [5.41, 5.74) is 2.66. The van der Waals surface area contributed by atoms with Gasteiger partial charge in [0.15, 0.2) is 0 Å². The molecular formula is C16H22O2. The molecule has 0 amide bonds. The Labute approximate surface area is 109 Å². The number of carbonyl (C=O) groups is 1. The third-order valence-corrected chi connectivity index (χ3v) is 3.92. The molecule has 1 aromatic rings. The maximum Gasteiger partial charge on any atom is 0.132 e. The molecule has 98 valence electrons. The molecule has 0 heterocycles. The van der Waals surface area contributed by atoms with Gasteiger partial charge >= 0.3 is 0 Å². The maximum absolute atomic E-state index is 11.3. The minimum atomic E-state index is 0.431. The van der Waals surface area contributed by atoms with Gasteiger partial charge in [-0.2, -0.15) is 0 Å². The van der Waals surface area contributed by atoms with Crippen molar-refractivity contribution in [2.75, 3.05) is 7.11 Å². The second-order valence-corrected chi connectivity index (χ2v) is 5.19. The number of ether oxygens (including phenoxy) is 1. The van der Waals surface area contributed by atoms with Crippen LogP contribution in [0.4, 0.5) is 0 Å². The van der Waals surface area contributed by atoms with Crippen LogP contribution in [-0.4, -0.2) is 12.9 Å². The summed E-state index contributed by atoms with van der Waals surface area (Å²) >= 11 is 0. The van der Waals surface area contributed by atoms with E-state index >= 15 is 0 Å².